The molecule has 1 aliphatic heterocycles. The third kappa shape index (κ3) is 5.33. The van der Waals surface area contributed by atoms with Gasteiger partial charge in [-0.25, -0.2) is 4.98 Å². The maximum absolute atomic E-state index is 13.8. The minimum Gasteiger partial charge on any atom is -0.377 e. The van der Waals surface area contributed by atoms with Crippen molar-refractivity contribution in [2.24, 2.45) is 0 Å². The summed E-state index contributed by atoms with van der Waals surface area (Å²) in [6.07, 6.45) is 7.44. The van der Waals surface area contributed by atoms with Crippen molar-refractivity contribution < 1.29 is 5.76 Å². The average Bonchev–Trinajstić information content (AvgIpc) is 3.75. The highest BCUT2D eigenvalue weighted by atomic mass is 19.1. The molecular weight excluding hydrogens is 517 g/mol. The van der Waals surface area contributed by atoms with Gasteiger partial charge in [-0.2, -0.15) is 14.9 Å². The molecule has 10 heteroatoms. The van der Waals surface area contributed by atoms with Crippen LogP contribution in [0, 0.1) is 28.6 Å². The maximum atomic E-state index is 13.8. The van der Waals surface area contributed by atoms with E-state index in [1.165, 1.54) is 24.5 Å². The summed E-state index contributed by atoms with van der Waals surface area (Å²) in [5, 5.41) is 29.4. The molecule has 2 atom stereocenters. The fourth-order valence-corrected chi connectivity index (χ4v) is 4.95. The van der Waals surface area contributed by atoms with E-state index in [0.29, 0.717) is 45.1 Å². The number of nitrogens with zero attached hydrogens (tertiary/aromatic N) is 5. The highest BCUT2D eigenvalue weighted by Gasteiger charge is 2.32. The van der Waals surface area contributed by atoms with Crippen molar-refractivity contribution in [3.63, 3.8) is 0 Å². The van der Waals surface area contributed by atoms with Crippen molar-refractivity contribution in [2.75, 3.05) is 10.6 Å². The summed E-state index contributed by atoms with van der Waals surface area (Å²) in [7, 11) is 0. The molecule has 2 aromatic heterocycles. The zero-order chi connectivity index (χ0) is 29.3. The Morgan fingerprint density at radius 1 is 1.05 bits per heavy atom. The van der Waals surface area contributed by atoms with Gasteiger partial charge in [0.2, 0.25) is 5.95 Å². The van der Waals surface area contributed by atoms with Crippen molar-refractivity contribution >= 4 is 22.3 Å². The third-order valence-electron chi connectivity index (χ3n) is 7.22. The number of benzene rings is 2. The van der Waals surface area contributed by atoms with Gasteiger partial charge in [-0.1, -0.05) is 43.3 Å². The van der Waals surface area contributed by atoms with Crippen molar-refractivity contribution in [3.8, 4) is 12.1 Å². The lowest BCUT2D eigenvalue weighted by atomic mass is 10.00. The second-order valence-electron chi connectivity index (χ2n) is 9.99. The summed E-state index contributed by atoms with van der Waals surface area (Å²) in [5.41, 5.74) is 10.1. The Kier molecular flexibility index (Phi) is 6.73. The average molecular weight is 547 g/mol. The molecule has 2 aromatic carbocycles. The second kappa shape index (κ2) is 11.1. The van der Waals surface area contributed by atoms with Gasteiger partial charge >= 0.3 is 0 Å². The van der Waals surface area contributed by atoms with E-state index in [-0.39, 0.29) is 11.6 Å². The quantitative estimate of drug-likeness (QED) is 0.200. The van der Waals surface area contributed by atoms with E-state index in [0.717, 1.165) is 24.8 Å². The van der Waals surface area contributed by atoms with Crippen LogP contribution in [0.5, 0.6) is 0 Å². The lowest BCUT2D eigenvalue weighted by molar-refractivity contribution is 0.260. The van der Waals surface area contributed by atoms with Crippen LogP contribution in [0.1, 0.15) is 61.9 Å². The monoisotopic (exact) mass is 546 g/mol. The van der Waals surface area contributed by atoms with Crippen LogP contribution >= 0.6 is 0 Å². The van der Waals surface area contributed by atoms with E-state index in [9.17, 15) is 16.3 Å². The van der Waals surface area contributed by atoms with Crippen LogP contribution in [0.4, 0.5) is 15.8 Å². The smallest absolute Gasteiger partial charge is 0.212 e. The number of aromatic nitrogens is 2. The molecule has 4 N–H and O–H groups in total. The Morgan fingerprint density at radius 2 is 1.85 bits per heavy atom. The molecule has 41 heavy (non-hydrogen) atoms. The molecule has 204 valence electrons. The summed E-state index contributed by atoms with van der Waals surface area (Å²) in [6.45, 7) is 2.06. The van der Waals surface area contributed by atoms with Crippen molar-refractivity contribution in [3.05, 3.63) is 107 Å². The number of halogens is 1. The highest BCUT2D eigenvalue weighted by molar-refractivity contribution is 5.99. The van der Waals surface area contributed by atoms with Crippen LogP contribution in [0.3, 0.4) is 0 Å². The zero-order valence-electron chi connectivity index (χ0n) is 23.3. The van der Waals surface area contributed by atoms with Gasteiger partial charge in [0.25, 0.3) is 0 Å². The van der Waals surface area contributed by atoms with Gasteiger partial charge in [0, 0.05) is 35.7 Å². The first-order valence-electron chi connectivity index (χ1n) is 13.9. The fraction of sp³-hybridized carbons (Fsp3) is 0.226. The topological polar surface area (TPSA) is 125 Å². The van der Waals surface area contributed by atoms with Gasteiger partial charge in [0.15, 0.2) is 0 Å². The summed E-state index contributed by atoms with van der Waals surface area (Å²) in [5.74, 6) is -0.653. The number of anilines is 2. The van der Waals surface area contributed by atoms with Crippen LogP contribution in [0.2, 0.25) is 0 Å². The number of fused-ring (bicyclic) bond motifs is 1. The second-order valence-corrected chi connectivity index (χ2v) is 9.99. The standard InChI is InChI=1S/C31H28FN9/c1-2-26(19-6-4-3-5-7-19)38-30-22(15-34)17-36-29-21(14-33)12-23(13-25(29)30)37-31(20-8-11-28(32)35-16-20)27-18-41(40-39-27)24-9-10-24/h3-8,11-13,16-18,24,26,31,37,39-40H,2,9-10H2,1H3,(H,36,38)/t26-,31?/m1/s1/i31D. The molecule has 0 amide bonds. The predicted molar refractivity (Wildman–Crippen MR) is 154 cm³/mol. The Bertz CT molecular complexity index is 1740. The molecular formula is C31H28FN9. The molecule has 1 unspecified atom stereocenters. The van der Waals surface area contributed by atoms with Crippen LogP contribution in [0.25, 0.3) is 10.9 Å². The number of nitriles is 2. The number of hydrogen-bond acceptors (Lipinski definition) is 9. The number of nitrogens with one attached hydrogen (secondary N) is 4. The maximum Gasteiger partial charge on any atom is 0.212 e. The van der Waals surface area contributed by atoms with Crippen LogP contribution < -0.4 is 21.6 Å². The van der Waals surface area contributed by atoms with E-state index < -0.39 is 12.0 Å². The van der Waals surface area contributed by atoms with Gasteiger partial charge in [0.1, 0.15) is 12.1 Å². The Balaban J connectivity index is 1.47. The van der Waals surface area contributed by atoms with Gasteiger partial charge in [-0.3, -0.25) is 9.99 Å². The first-order valence-corrected chi connectivity index (χ1v) is 13.4. The van der Waals surface area contributed by atoms with Gasteiger partial charge in [-0.15, -0.1) is 5.53 Å². The normalized spacial score (nSPS) is 16.9. The van der Waals surface area contributed by atoms with E-state index >= 15 is 0 Å². The predicted octanol–water partition coefficient (Wildman–Crippen LogP) is 5.56. The van der Waals surface area contributed by atoms with Crippen molar-refractivity contribution in [2.45, 2.75) is 44.3 Å². The molecule has 2 aliphatic rings. The number of rotatable bonds is 9. The van der Waals surface area contributed by atoms with Crippen LogP contribution in [-0.4, -0.2) is 21.0 Å². The van der Waals surface area contributed by atoms with Gasteiger partial charge < -0.3 is 16.1 Å². The molecule has 4 aromatic rings. The lowest BCUT2D eigenvalue weighted by Gasteiger charge is -2.23. The Labute approximate surface area is 238 Å². The number of hydrazine groups is 2. The molecule has 1 fully saturated rings. The molecule has 9 nitrogen and oxygen atoms in total. The van der Waals surface area contributed by atoms with Gasteiger partial charge in [-0.05, 0) is 48.6 Å². The molecule has 1 saturated carbocycles. The van der Waals surface area contributed by atoms with E-state index in [4.69, 9.17) is 0 Å². The zero-order valence-corrected chi connectivity index (χ0v) is 22.3. The SMILES string of the molecule is [2H]C(Nc1cc(C#N)c2ncc(C#N)c(N[C@H](CC)c3ccccc3)c2c1)(C1=CN(C2CC2)NN1)c1ccc(F)nc1. The Morgan fingerprint density at radius 3 is 2.54 bits per heavy atom. The van der Waals surface area contributed by atoms with Crippen molar-refractivity contribution in [1.82, 2.24) is 25.9 Å². The first-order chi connectivity index (χ1) is 20.4. The lowest BCUT2D eigenvalue weighted by Crippen LogP contribution is -2.38. The van der Waals surface area contributed by atoms with E-state index in [1.54, 1.807) is 12.1 Å². The minimum atomic E-state index is -1.64. The largest absolute Gasteiger partial charge is 0.377 e. The van der Waals surface area contributed by atoms with E-state index in [1.807, 2.05) is 41.5 Å². The summed E-state index contributed by atoms with van der Waals surface area (Å²) in [6, 6.07) is 19.1. The summed E-state index contributed by atoms with van der Waals surface area (Å²) < 4.78 is 23.4. The van der Waals surface area contributed by atoms with Gasteiger partial charge in [0.05, 0.1) is 41.5 Å². The molecule has 0 spiro atoms. The molecule has 0 radical (unpaired) electrons. The molecule has 6 rings (SSSR count). The number of hydrogen-bond donors (Lipinski definition) is 4. The first kappa shape index (κ1) is 24.8. The van der Waals surface area contributed by atoms with Crippen LogP contribution in [-0.2, 0) is 0 Å². The van der Waals surface area contributed by atoms with Crippen molar-refractivity contribution in [1.29, 1.82) is 10.5 Å². The van der Waals surface area contributed by atoms with Crippen LogP contribution in [0.15, 0.2) is 78.9 Å². The third-order valence-corrected chi connectivity index (χ3v) is 7.22. The number of pyridine rings is 2. The Hall–Kier alpha value is -5.19. The summed E-state index contributed by atoms with van der Waals surface area (Å²) in [4.78, 5) is 8.25. The summed E-state index contributed by atoms with van der Waals surface area (Å²) >= 11 is 0. The van der Waals surface area contributed by atoms with E-state index in [2.05, 4.69) is 50.6 Å². The molecule has 1 aliphatic carbocycles. The minimum absolute atomic E-state index is 0.0982. The highest BCUT2D eigenvalue weighted by Crippen LogP contribution is 2.36. The fourth-order valence-electron chi connectivity index (χ4n) is 4.95. The molecule has 0 saturated heterocycles. The molecule has 0 bridgehead atoms. The molecule has 3 heterocycles.